The smallest absolute Gasteiger partial charge is 0.211 e. The van der Waals surface area contributed by atoms with Gasteiger partial charge in [-0.1, -0.05) is 19.1 Å². The van der Waals surface area contributed by atoms with Crippen molar-refractivity contribution >= 4 is 26.4 Å². The molecule has 1 aromatic heterocycles. The van der Waals surface area contributed by atoms with E-state index in [1.54, 1.807) is 29.7 Å². The van der Waals surface area contributed by atoms with Gasteiger partial charge in [0.05, 0.1) is 21.5 Å². The normalized spacial score (nSPS) is 15.5. The molecule has 0 saturated carbocycles. The summed E-state index contributed by atoms with van der Waals surface area (Å²) < 4.78 is 43.3. The zero-order chi connectivity index (χ0) is 22.3. The van der Waals surface area contributed by atoms with Crippen LogP contribution in [0.25, 0.3) is 10.9 Å². The van der Waals surface area contributed by atoms with Gasteiger partial charge in [0.2, 0.25) is 15.3 Å². The van der Waals surface area contributed by atoms with Crippen LogP contribution in [0.1, 0.15) is 32.3 Å². The first-order valence-electron chi connectivity index (χ1n) is 10.7. The van der Waals surface area contributed by atoms with Crippen molar-refractivity contribution in [3.8, 4) is 0 Å². The van der Waals surface area contributed by atoms with Gasteiger partial charge in [-0.3, -0.25) is 4.79 Å². The summed E-state index contributed by atoms with van der Waals surface area (Å²) in [6.45, 7) is 7.84. The lowest BCUT2D eigenvalue weighted by molar-refractivity contribution is 0.434. The summed E-state index contributed by atoms with van der Waals surface area (Å²) in [5.41, 5.74) is 1.13. The molecule has 5 nitrogen and oxygen atoms in total. The zero-order valence-electron chi connectivity index (χ0n) is 18.1. The number of halogens is 1. The number of fused-ring (bicyclic) bond motifs is 1. The van der Waals surface area contributed by atoms with Crippen LogP contribution in [0.4, 0.5) is 10.1 Å². The van der Waals surface area contributed by atoms with Crippen molar-refractivity contribution in [1.29, 1.82) is 0 Å². The van der Waals surface area contributed by atoms with Gasteiger partial charge in [0.25, 0.3) is 0 Å². The molecule has 0 radical (unpaired) electrons. The van der Waals surface area contributed by atoms with E-state index in [1.165, 1.54) is 24.4 Å². The predicted octanol–water partition coefficient (Wildman–Crippen LogP) is 4.54. The molecule has 1 fully saturated rings. The molecule has 7 heteroatoms. The molecule has 0 N–H and O–H groups in total. The van der Waals surface area contributed by atoms with Crippen LogP contribution < -0.4 is 10.3 Å². The van der Waals surface area contributed by atoms with E-state index in [2.05, 4.69) is 6.92 Å². The van der Waals surface area contributed by atoms with Crippen molar-refractivity contribution in [3.63, 3.8) is 0 Å². The Kier molecular flexibility index (Phi) is 5.64. The average Bonchev–Trinajstić information content (AvgIpc) is 2.74. The van der Waals surface area contributed by atoms with Crippen molar-refractivity contribution in [2.45, 2.75) is 49.9 Å². The van der Waals surface area contributed by atoms with Gasteiger partial charge in [-0.25, -0.2) is 12.8 Å². The van der Waals surface area contributed by atoms with E-state index in [9.17, 15) is 13.2 Å². The van der Waals surface area contributed by atoms with E-state index in [1.807, 2.05) is 11.8 Å². The van der Waals surface area contributed by atoms with Crippen molar-refractivity contribution in [3.05, 3.63) is 64.2 Å². The Labute approximate surface area is 182 Å². The number of aryl methyl sites for hydroxylation is 2. The number of hydrogen-bond donors (Lipinski definition) is 0. The topological polar surface area (TPSA) is 59.4 Å². The van der Waals surface area contributed by atoms with Gasteiger partial charge in [0, 0.05) is 25.8 Å². The molecule has 0 atom stereocenters. The van der Waals surface area contributed by atoms with Gasteiger partial charge in [-0.15, -0.1) is 0 Å². The van der Waals surface area contributed by atoms with Crippen LogP contribution in [0.15, 0.2) is 57.2 Å². The monoisotopic (exact) mass is 442 g/mol. The van der Waals surface area contributed by atoms with Crippen molar-refractivity contribution in [1.82, 2.24) is 4.57 Å². The molecule has 1 aliphatic heterocycles. The fraction of sp³-hybridized carbons (Fsp3) is 0.375. The maximum Gasteiger partial charge on any atom is 0.211 e. The molecule has 1 saturated heterocycles. The number of anilines is 1. The van der Waals surface area contributed by atoms with E-state index in [0.717, 1.165) is 31.5 Å². The SMILES string of the molecule is CCn1cc(S(=O)(=O)c2cccc(C)c2)c(=O)c2cc(F)c(N3CCC(C)CC3)cc21. The van der Waals surface area contributed by atoms with E-state index in [0.29, 0.717) is 23.7 Å². The molecular formula is C24H27FN2O3S. The molecule has 0 bridgehead atoms. The second-order valence-corrected chi connectivity index (χ2v) is 10.3. The molecule has 164 valence electrons. The molecule has 31 heavy (non-hydrogen) atoms. The molecule has 0 aliphatic carbocycles. The molecule has 1 aliphatic rings. The summed E-state index contributed by atoms with van der Waals surface area (Å²) in [4.78, 5) is 15.0. The molecule has 0 amide bonds. The molecule has 0 spiro atoms. The van der Waals surface area contributed by atoms with Gasteiger partial charge in [0.15, 0.2) is 0 Å². The largest absolute Gasteiger partial charge is 0.369 e. The third-order valence-corrected chi connectivity index (χ3v) is 7.91. The molecule has 0 unspecified atom stereocenters. The Balaban J connectivity index is 1.90. The highest BCUT2D eigenvalue weighted by molar-refractivity contribution is 7.91. The maximum atomic E-state index is 15.1. The quantitative estimate of drug-likeness (QED) is 0.595. The summed E-state index contributed by atoms with van der Waals surface area (Å²) >= 11 is 0. The Morgan fingerprint density at radius 3 is 2.48 bits per heavy atom. The Bertz CT molecular complexity index is 1310. The standard InChI is InChI=1S/C24H27FN2O3S/c1-4-26-15-23(31(29,30)18-7-5-6-17(3)12-18)24(28)19-13-20(25)22(14-21(19)26)27-10-8-16(2)9-11-27/h5-7,12-16H,4,8-11H2,1-3H3. The molecular weight excluding hydrogens is 415 g/mol. The third kappa shape index (κ3) is 3.87. The number of hydrogen-bond acceptors (Lipinski definition) is 4. The van der Waals surface area contributed by atoms with Crippen molar-refractivity contribution in [2.75, 3.05) is 18.0 Å². The first kappa shape index (κ1) is 21.6. The minimum atomic E-state index is -4.03. The first-order valence-corrected chi connectivity index (χ1v) is 12.1. The Morgan fingerprint density at radius 1 is 1.13 bits per heavy atom. The van der Waals surface area contributed by atoms with E-state index < -0.39 is 21.1 Å². The van der Waals surface area contributed by atoms with Crippen LogP contribution in [-0.4, -0.2) is 26.1 Å². The van der Waals surface area contributed by atoms with Gasteiger partial charge in [-0.2, -0.15) is 0 Å². The summed E-state index contributed by atoms with van der Waals surface area (Å²) in [5.74, 6) is 0.120. The highest BCUT2D eigenvalue weighted by atomic mass is 32.2. The molecule has 2 heterocycles. The molecule has 2 aromatic carbocycles. The number of rotatable bonds is 4. The maximum absolute atomic E-state index is 15.1. The predicted molar refractivity (Wildman–Crippen MR) is 121 cm³/mol. The summed E-state index contributed by atoms with van der Waals surface area (Å²) in [5, 5.41) is 0.0854. The van der Waals surface area contributed by atoms with Gasteiger partial charge >= 0.3 is 0 Å². The lowest BCUT2D eigenvalue weighted by atomic mass is 9.98. The zero-order valence-corrected chi connectivity index (χ0v) is 18.9. The minimum absolute atomic E-state index is 0.0612. The summed E-state index contributed by atoms with van der Waals surface area (Å²) in [6.07, 6.45) is 3.37. The number of benzene rings is 2. The fourth-order valence-electron chi connectivity index (χ4n) is 4.23. The lowest BCUT2D eigenvalue weighted by Gasteiger charge is -2.32. The molecule has 3 aromatic rings. The van der Waals surface area contributed by atoms with Crippen LogP contribution in [0.2, 0.25) is 0 Å². The third-order valence-electron chi connectivity index (χ3n) is 6.17. The fourth-order valence-corrected chi connectivity index (χ4v) is 5.70. The summed E-state index contributed by atoms with van der Waals surface area (Å²) in [7, 11) is -4.03. The number of aromatic nitrogens is 1. The Morgan fingerprint density at radius 2 is 1.84 bits per heavy atom. The summed E-state index contributed by atoms with van der Waals surface area (Å²) in [6, 6.07) is 9.34. The second-order valence-electron chi connectivity index (χ2n) is 8.42. The van der Waals surface area contributed by atoms with E-state index >= 15 is 4.39 Å². The van der Waals surface area contributed by atoms with Crippen LogP contribution in [0.3, 0.4) is 0 Å². The number of pyridine rings is 1. The number of nitrogens with zero attached hydrogens (tertiary/aromatic N) is 2. The highest BCUT2D eigenvalue weighted by Gasteiger charge is 2.26. The van der Waals surface area contributed by atoms with Gasteiger partial charge in [-0.05, 0) is 62.4 Å². The van der Waals surface area contributed by atoms with E-state index in [-0.39, 0.29) is 15.2 Å². The molecule has 4 rings (SSSR count). The first-order chi connectivity index (χ1) is 14.7. The van der Waals surface area contributed by atoms with Crippen LogP contribution >= 0.6 is 0 Å². The number of sulfone groups is 1. The van der Waals surface area contributed by atoms with Crippen molar-refractivity contribution in [2.24, 2.45) is 5.92 Å². The van der Waals surface area contributed by atoms with Crippen molar-refractivity contribution < 1.29 is 12.8 Å². The lowest BCUT2D eigenvalue weighted by Crippen LogP contribution is -2.33. The van der Waals surface area contributed by atoms with Gasteiger partial charge < -0.3 is 9.47 Å². The average molecular weight is 443 g/mol. The highest BCUT2D eigenvalue weighted by Crippen LogP contribution is 2.30. The van der Waals surface area contributed by atoms with E-state index in [4.69, 9.17) is 0 Å². The van der Waals surface area contributed by atoms with Gasteiger partial charge in [0.1, 0.15) is 10.7 Å². The van der Waals surface area contributed by atoms with Crippen LogP contribution in [-0.2, 0) is 16.4 Å². The Hall–Kier alpha value is -2.67. The second kappa shape index (κ2) is 8.11. The number of piperidine rings is 1. The minimum Gasteiger partial charge on any atom is -0.369 e. The van der Waals surface area contributed by atoms with Crippen LogP contribution in [0, 0.1) is 18.7 Å². The van der Waals surface area contributed by atoms with Crippen LogP contribution in [0.5, 0.6) is 0 Å².